The van der Waals surface area contributed by atoms with E-state index in [0.29, 0.717) is 5.69 Å². The molecule has 0 saturated carbocycles. The van der Waals surface area contributed by atoms with Gasteiger partial charge in [0.1, 0.15) is 5.75 Å². The highest BCUT2D eigenvalue weighted by molar-refractivity contribution is 5.74. The number of para-hydroxylation sites is 2. The number of hydrogen-bond donors (Lipinski definition) is 0. The molecule has 0 aliphatic carbocycles. The highest BCUT2D eigenvalue weighted by Crippen LogP contribution is 2.43. The van der Waals surface area contributed by atoms with E-state index in [2.05, 4.69) is 81.9 Å². The van der Waals surface area contributed by atoms with E-state index in [9.17, 15) is 0 Å². The van der Waals surface area contributed by atoms with Crippen LogP contribution < -0.4 is 13.7 Å². The predicted octanol–water partition coefficient (Wildman–Crippen LogP) is 8.48. The van der Waals surface area contributed by atoms with Gasteiger partial charge in [-0.15, -0.1) is 0 Å². The minimum atomic E-state index is 0.643. The third-order valence-electron chi connectivity index (χ3n) is 7.63. The highest BCUT2D eigenvalue weighted by atomic mass is 16.5. The van der Waals surface area contributed by atoms with Crippen molar-refractivity contribution in [3.8, 4) is 5.75 Å². The van der Waals surface area contributed by atoms with Crippen LogP contribution in [0.15, 0.2) is 95.2 Å². The number of nitrogens with zero attached hydrogens (tertiary/aromatic N) is 7. The van der Waals surface area contributed by atoms with E-state index < -0.39 is 0 Å². The average Bonchev–Trinajstić information content (AvgIpc) is 2.96. The lowest BCUT2D eigenvalue weighted by Crippen LogP contribution is -2.47. The molecule has 0 saturated heterocycles. The number of hydrogen-bond acceptors (Lipinski definition) is 3. The van der Waals surface area contributed by atoms with Gasteiger partial charge in [0.25, 0.3) is 0 Å². The van der Waals surface area contributed by atoms with E-state index in [4.69, 9.17) is 21.5 Å². The fourth-order valence-electron chi connectivity index (χ4n) is 5.99. The number of aryl methyl sites for hydroxylation is 2. The van der Waals surface area contributed by atoms with Crippen molar-refractivity contribution in [1.82, 2.24) is 8.97 Å². The minimum absolute atomic E-state index is 0.643. The van der Waals surface area contributed by atoms with Gasteiger partial charge in [-0.05, 0) is 41.4 Å². The zero-order valence-corrected chi connectivity index (χ0v) is 25.5. The van der Waals surface area contributed by atoms with Crippen molar-refractivity contribution >= 4 is 39.8 Å². The summed E-state index contributed by atoms with van der Waals surface area (Å²) in [6.07, 6.45) is 0. The van der Waals surface area contributed by atoms with Crippen LogP contribution in [0.25, 0.3) is 4.85 Å². The maximum atomic E-state index is 7.24. The Morgan fingerprint density at radius 1 is 0.690 bits per heavy atom. The molecule has 212 valence electrons. The maximum Gasteiger partial charge on any atom is 0.306 e. The molecule has 8 heteroatoms. The minimum Gasteiger partial charge on any atom is -0.497 e. The molecule has 0 radical (unpaired) electrons. The van der Waals surface area contributed by atoms with Crippen LogP contribution in [-0.4, -0.2) is 58.0 Å². The summed E-state index contributed by atoms with van der Waals surface area (Å²) in [4.78, 5) is 3.55. The summed E-state index contributed by atoms with van der Waals surface area (Å²) in [6.45, 7) is 13.0. The van der Waals surface area contributed by atoms with Gasteiger partial charge in [0.15, 0.2) is 28.4 Å². The van der Waals surface area contributed by atoms with Gasteiger partial charge < -0.3 is 4.74 Å². The van der Waals surface area contributed by atoms with Crippen molar-refractivity contribution in [2.24, 2.45) is 10.2 Å². The normalized spacial score (nSPS) is 16.0. The summed E-state index contributed by atoms with van der Waals surface area (Å²) in [5.41, 5.74) is 9.47. The van der Waals surface area contributed by atoms with E-state index in [0.717, 1.165) is 56.4 Å². The Bertz CT molecular complexity index is 1730. The topological polar surface area (TPSA) is 44.3 Å². The number of benzene rings is 4. The standard InChI is InChI=1S/C17H18N4.C17H21N3O/c1-13-10-14(18-2)11-16-17(13)21(3,4)12-20(19-16)15-8-6-5-7-9-15;1-13-10-15(21-4)11-16-17(13)20(2,3)12-19(18-16)14-8-6-5-7-9-14/h5-11H,12H2,1,3-4H3;5-11H,12H2,1-4H3/q2*+2. The Morgan fingerprint density at radius 3 is 1.60 bits per heavy atom. The van der Waals surface area contributed by atoms with Gasteiger partial charge in [0.05, 0.1) is 41.9 Å². The smallest absolute Gasteiger partial charge is 0.306 e. The molecular weight excluding hydrogens is 522 g/mol. The van der Waals surface area contributed by atoms with Crippen molar-refractivity contribution in [2.75, 3.05) is 48.6 Å². The summed E-state index contributed by atoms with van der Waals surface area (Å²) in [5, 5.41) is 9.57. The number of fused-ring (bicyclic) bond motifs is 2. The largest absolute Gasteiger partial charge is 0.497 e. The van der Waals surface area contributed by atoms with Crippen molar-refractivity contribution < 1.29 is 14.1 Å². The summed E-state index contributed by atoms with van der Waals surface area (Å²) >= 11 is 0. The highest BCUT2D eigenvalue weighted by Gasteiger charge is 2.39. The second-order valence-corrected chi connectivity index (χ2v) is 11.9. The van der Waals surface area contributed by atoms with Gasteiger partial charge in [-0.3, -0.25) is 0 Å². The zero-order valence-electron chi connectivity index (χ0n) is 25.5. The van der Waals surface area contributed by atoms with E-state index >= 15 is 0 Å². The number of azo groups is 4. The molecule has 6 rings (SSSR count). The van der Waals surface area contributed by atoms with Crippen molar-refractivity contribution in [1.29, 1.82) is 0 Å². The number of rotatable bonds is 3. The van der Waals surface area contributed by atoms with Crippen LogP contribution in [0.3, 0.4) is 0 Å². The monoisotopic (exact) mass is 561 g/mol. The molecule has 0 unspecified atom stereocenters. The van der Waals surface area contributed by atoms with Gasteiger partial charge in [0.2, 0.25) is 11.4 Å². The lowest BCUT2D eigenvalue weighted by atomic mass is 10.1. The summed E-state index contributed by atoms with van der Waals surface area (Å²) in [5.74, 6) is 0.852. The second-order valence-electron chi connectivity index (χ2n) is 11.9. The first-order valence-electron chi connectivity index (χ1n) is 14.0. The van der Waals surface area contributed by atoms with Crippen LogP contribution in [0.1, 0.15) is 11.1 Å². The first-order valence-corrected chi connectivity index (χ1v) is 14.0. The lowest BCUT2D eigenvalue weighted by Gasteiger charge is -2.30. The molecule has 2 aliphatic rings. The molecule has 4 aromatic carbocycles. The molecule has 0 fully saturated rings. The molecule has 0 N–H and O–H groups in total. The third-order valence-corrected chi connectivity index (χ3v) is 7.63. The molecule has 2 heterocycles. The molecule has 0 atom stereocenters. The molecule has 0 aromatic heterocycles. The summed E-state index contributed by atoms with van der Waals surface area (Å²) < 4.78 is 10.9. The fourth-order valence-corrected chi connectivity index (χ4v) is 5.99. The number of ether oxygens (including phenoxy) is 1. The van der Waals surface area contributed by atoms with Crippen molar-refractivity contribution in [3.05, 3.63) is 107 Å². The molecular formula is C34H39N7O+4. The Morgan fingerprint density at radius 2 is 1.14 bits per heavy atom. The van der Waals surface area contributed by atoms with Gasteiger partial charge in [-0.25, -0.2) is 13.8 Å². The molecule has 0 spiro atoms. The van der Waals surface area contributed by atoms with Gasteiger partial charge in [-0.2, -0.15) is 0 Å². The van der Waals surface area contributed by atoms with Gasteiger partial charge in [0, 0.05) is 51.7 Å². The molecule has 8 nitrogen and oxygen atoms in total. The molecule has 2 aliphatic heterocycles. The Balaban J connectivity index is 0.000000168. The van der Waals surface area contributed by atoms with Crippen molar-refractivity contribution in [3.63, 3.8) is 0 Å². The predicted molar refractivity (Wildman–Crippen MR) is 169 cm³/mol. The molecule has 42 heavy (non-hydrogen) atoms. The Kier molecular flexibility index (Phi) is 7.74. The summed E-state index contributed by atoms with van der Waals surface area (Å²) in [7, 11) is 10.5. The lowest BCUT2D eigenvalue weighted by molar-refractivity contribution is -0.529. The quantitative estimate of drug-likeness (QED) is 0.141. The van der Waals surface area contributed by atoms with Crippen LogP contribution in [-0.2, 0) is 0 Å². The Labute approximate surface area is 248 Å². The van der Waals surface area contributed by atoms with Crippen LogP contribution in [0.4, 0.5) is 39.8 Å². The molecule has 0 amide bonds. The van der Waals surface area contributed by atoms with E-state index in [1.165, 1.54) is 16.9 Å². The first kappa shape index (κ1) is 28.8. The third kappa shape index (κ3) is 5.70. The van der Waals surface area contributed by atoms with Crippen LogP contribution in [0.2, 0.25) is 0 Å². The SMILES string of the molecule is COc1cc(C)c2c(c1)N=[N+](c1ccccc1)C[N+]2(C)C.[C-]#[N+]c1cc(C)c2c(c1)N=[N+](c1ccccc1)C[N+]2(C)C. The van der Waals surface area contributed by atoms with Crippen LogP contribution in [0, 0.1) is 20.4 Å². The van der Waals surface area contributed by atoms with Crippen LogP contribution in [0.5, 0.6) is 5.75 Å². The maximum absolute atomic E-state index is 7.24. The number of quaternary nitrogens is 2. The van der Waals surface area contributed by atoms with E-state index in [1.807, 2.05) is 59.3 Å². The fraction of sp³-hybridized carbons (Fsp3) is 0.265. The van der Waals surface area contributed by atoms with Gasteiger partial charge >= 0.3 is 13.3 Å². The first-order chi connectivity index (χ1) is 20.0. The summed E-state index contributed by atoms with van der Waals surface area (Å²) in [6, 6.07) is 28.3. The van der Waals surface area contributed by atoms with Crippen molar-refractivity contribution in [2.45, 2.75) is 13.8 Å². The second kappa shape index (κ2) is 11.3. The molecule has 4 aromatic rings. The van der Waals surface area contributed by atoms with E-state index in [1.54, 1.807) is 7.11 Å². The van der Waals surface area contributed by atoms with E-state index in [-0.39, 0.29) is 0 Å². The van der Waals surface area contributed by atoms with Crippen LogP contribution >= 0.6 is 0 Å². The number of methoxy groups -OCH3 is 1. The zero-order chi connectivity index (χ0) is 30.1. The Hall–Kier alpha value is -4.71. The molecule has 0 bridgehead atoms. The average molecular weight is 562 g/mol. The van der Waals surface area contributed by atoms with Gasteiger partial charge in [-0.1, -0.05) is 36.4 Å².